The number of fused-ring (bicyclic) bond motifs is 1. The standard InChI is InChI=1S/C14H22BrN3O2/c1-6-10-11-9(16-17(5)12(11)15)7-8-18(10)13(19)20-14(2,3)4/h10H,6-8H2,1-5H3. The molecular weight excluding hydrogens is 322 g/mol. The minimum Gasteiger partial charge on any atom is -0.444 e. The fourth-order valence-corrected chi connectivity index (χ4v) is 3.16. The highest BCUT2D eigenvalue weighted by molar-refractivity contribution is 9.10. The maximum Gasteiger partial charge on any atom is 0.410 e. The van der Waals surface area contributed by atoms with Crippen molar-refractivity contribution in [2.24, 2.45) is 7.05 Å². The van der Waals surface area contributed by atoms with Gasteiger partial charge in [0.2, 0.25) is 0 Å². The van der Waals surface area contributed by atoms with Gasteiger partial charge in [0.25, 0.3) is 0 Å². The van der Waals surface area contributed by atoms with Gasteiger partial charge in [0, 0.05) is 25.6 Å². The molecule has 1 amide bonds. The van der Waals surface area contributed by atoms with Crippen LogP contribution in [0.2, 0.25) is 0 Å². The largest absolute Gasteiger partial charge is 0.444 e. The predicted octanol–water partition coefficient (Wildman–Crippen LogP) is 3.43. The molecule has 112 valence electrons. The number of aromatic nitrogens is 2. The van der Waals surface area contributed by atoms with Crippen LogP contribution < -0.4 is 0 Å². The van der Waals surface area contributed by atoms with Crippen molar-refractivity contribution in [1.82, 2.24) is 14.7 Å². The van der Waals surface area contributed by atoms with Crippen molar-refractivity contribution in [3.63, 3.8) is 0 Å². The molecule has 0 aromatic carbocycles. The van der Waals surface area contributed by atoms with Crippen LogP contribution in [-0.4, -0.2) is 32.9 Å². The van der Waals surface area contributed by atoms with E-state index >= 15 is 0 Å². The Bertz CT molecular complexity index is 519. The van der Waals surface area contributed by atoms with Crippen molar-refractivity contribution in [1.29, 1.82) is 0 Å². The van der Waals surface area contributed by atoms with Crippen LogP contribution in [0.5, 0.6) is 0 Å². The Morgan fingerprint density at radius 1 is 1.50 bits per heavy atom. The number of rotatable bonds is 1. The Morgan fingerprint density at radius 2 is 2.15 bits per heavy atom. The summed E-state index contributed by atoms with van der Waals surface area (Å²) in [5.74, 6) is 0. The molecule has 2 heterocycles. The zero-order valence-corrected chi connectivity index (χ0v) is 14.3. The summed E-state index contributed by atoms with van der Waals surface area (Å²) in [4.78, 5) is 14.2. The third-order valence-electron chi connectivity index (χ3n) is 3.40. The quantitative estimate of drug-likeness (QED) is 0.784. The molecule has 0 radical (unpaired) electrons. The van der Waals surface area contributed by atoms with Crippen LogP contribution in [0.1, 0.15) is 51.4 Å². The summed E-state index contributed by atoms with van der Waals surface area (Å²) in [6.45, 7) is 8.41. The van der Waals surface area contributed by atoms with E-state index in [9.17, 15) is 4.79 Å². The van der Waals surface area contributed by atoms with E-state index in [0.717, 1.165) is 28.7 Å². The maximum atomic E-state index is 12.4. The molecule has 1 aromatic rings. The number of aryl methyl sites for hydroxylation is 1. The maximum absolute atomic E-state index is 12.4. The minimum atomic E-state index is -0.470. The number of carbonyl (C=O) groups excluding carboxylic acids is 1. The average Bonchev–Trinajstić information content (AvgIpc) is 2.62. The Morgan fingerprint density at radius 3 is 2.70 bits per heavy atom. The molecular formula is C14H22BrN3O2. The molecule has 0 saturated heterocycles. The topological polar surface area (TPSA) is 47.4 Å². The van der Waals surface area contributed by atoms with Crippen LogP contribution in [0, 0.1) is 0 Å². The van der Waals surface area contributed by atoms with Crippen molar-refractivity contribution < 1.29 is 9.53 Å². The van der Waals surface area contributed by atoms with Crippen molar-refractivity contribution in [2.75, 3.05) is 6.54 Å². The Labute approximate surface area is 128 Å². The molecule has 2 rings (SSSR count). The first-order chi connectivity index (χ1) is 9.24. The van der Waals surface area contributed by atoms with Gasteiger partial charge in [0.05, 0.1) is 11.7 Å². The minimum absolute atomic E-state index is 0.0247. The number of hydrogen-bond donors (Lipinski definition) is 0. The third-order valence-corrected chi connectivity index (χ3v) is 4.34. The molecule has 1 atom stereocenters. The molecule has 1 aliphatic rings. The lowest BCUT2D eigenvalue weighted by Gasteiger charge is -2.36. The third kappa shape index (κ3) is 2.85. The molecule has 0 saturated carbocycles. The van der Waals surface area contributed by atoms with Gasteiger partial charge in [0.15, 0.2) is 0 Å². The lowest BCUT2D eigenvalue weighted by molar-refractivity contribution is 0.0136. The second kappa shape index (κ2) is 5.39. The molecule has 0 bridgehead atoms. The average molecular weight is 344 g/mol. The number of ether oxygens (including phenoxy) is 1. The van der Waals surface area contributed by atoms with Crippen LogP contribution in [0.25, 0.3) is 0 Å². The highest BCUT2D eigenvalue weighted by Crippen LogP contribution is 2.37. The fraction of sp³-hybridized carbons (Fsp3) is 0.714. The van der Waals surface area contributed by atoms with Gasteiger partial charge in [-0.15, -0.1) is 0 Å². The monoisotopic (exact) mass is 343 g/mol. The summed E-state index contributed by atoms with van der Waals surface area (Å²) in [6.07, 6.45) is 1.37. The smallest absolute Gasteiger partial charge is 0.410 e. The van der Waals surface area contributed by atoms with Crippen LogP contribution in [0.15, 0.2) is 4.60 Å². The van der Waals surface area contributed by atoms with Crippen LogP contribution in [0.4, 0.5) is 4.79 Å². The van der Waals surface area contributed by atoms with E-state index in [2.05, 4.69) is 28.0 Å². The predicted molar refractivity (Wildman–Crippen MR) is 80.6 cm³/mol. The van der Waals surface area contributed by atoms with Crippen molar-refractivity contribution in [3.05, 3.63) is 15.9 Å². The number of amides is 1. The molecule has 0 aliphatic carbocycles. The summed E-state index contributed by atoms with van der Waals surface area (Å²) in [7, 11) is 1.91. The van der Waals surface area contributed by atoms with Gasteiger partial charge in [-0.1, -0.05) is 6.92 Å². The van der Waals surface area contributed by atoms with Crippen LogP contribution >= 0.6 is 15.9 Å². The first-order valence-corrected chi connectivity index (χ1v) is 7.74. The Hall–Kier alpha value is -1.04. The van der Waals surface area contributed by atoms with Gasteiger partial charge in [-0.3, -0.25) is 4.68 Å². The van der Waals surface area contributed by atoms with E-state index in [1.54, 1.807) is 0 Å². The van der Waals surface area contributed by atoms with E-state index in [1.165, 1.54) is 0 Å². The first-order valence-electron chi connectivity index (χ1n) is 6.95. The zero-order chi connectivity index (χ0) is 15.1. The number of carbonyl (C=O) groups is 1. The molecule has 0 fully saturated rings. The van der Waals surface area contributed by atoms with Crippen molar-refractivity contribution >= 4 is 22.0 Å². The Balaban J connectivity index is 2.30. The molecule has 0 N–H and O–H groups in total. The van der Waals surface area contributed by atoms with E-state index < -0.39 is 5.60 Å². The second-order valence-electron chi connectivity index (χ2n) is 6.12. The van der Waals surface area contributed by atoms with Crippen LogP contribution in [-0.2, 0) is 18.2 Å². The van der Waals surface area contributed by atoms with Crippen LogP contribution in [0.3, 0.4) is 0 Å². The molecule has 1 unspecified atom stereocenters. The van der Waals surface area contributed by atoms with Gasteiger partial charge < -0.3 is 9.64 Å². The number of nitrogens with zero attached hydrogens (tertiary/aromatic N) is 3. The van der Waals surface area contributed by atoms with Gasteiger partial charge in [-0.05, 0) is 43.1 Å². The summed E-state index contributed by atoms with van der Waals surface area (Å²) < 4.78 is 8.29. The first kappa shape index (κ1) is 15.4. The normalized spacial score (nSPS) is 18.9. The number of halogens is 1. The highest BCUT2D eigenvalue weighted by Gasteiger charge is 2.36. The summed E-state index contributed by atoms with van der Waals surface area (Å²) in [5, 5.41) is 4.51. The molecule has 0 spiro atoms. The SMILES string of the molecule is CCC1c2c(nn(C)c2Br)CCN1C(=O)OC(C)(C)C. The number of hydrogen-bond acceptors (Lipinski definition) is 3. The van der Waals surface area contributed by atoms with Gasteiger partial charge in [-0.2, -0.15) is 5.10 Å². The Kier molecular flexibility index (Phi) is 4.14. The second-order valence-corrected chi connectivity index (χ2v) is 6.87. The lowest BCUT2D eigenvalue weighted by Crippen LogP contribution is -2.42. The fourth-order valence-electron chi connectivity index (χ4n) is 2.59. The molecule has 6 heteroatoms. The summed E-state index contributed by atoms with van der Waals surface area (Å²) >= 11 is 3.58. The summed E-state index contributed by atoms with van der Waals surface area (Å²) in [6, 6.07) is 0.0247. The highest BCUT2D eigenvalue weighted by atomic mass is 79.9. The molecule has 1 aromatic heterocycles. The van der Waals surface area contributed by atoms with E-state index in [4.69, 9.17) is 4.74 Å². The van der Waals surface area contributed by atoms with Gasteiger partial charge in [0.1, 0.15) is 10.2 Å². The van der Waals surface area contributed by atoms with Crippen molar-refractivity contribution in [3.8, 4) is 0 Å². The van der Waals surface area contributed by atoms with E-state index in [-0.39, 0.29) is 12.1 Å². The van der Waals surface area contributed by atoms with Gasteiger partial charge in [-0.25, -0.2) is 4.79 Å². The van der Waals surface area contributed by atoms with E-state index in [1.807, 2.05) is 37.4 Å². The summed E-state index contributed by atoms with van der Waals surface area (Å²) in [5.41, 5.74) is 1.72. The van der Waals surface area contributed by atoms with E-state index in [0.29, 0.717) is 6.54 Å². The zero-order valence-electron chi connectivity index (χ0n) is 12.7. The lowest BCUT2D eigenvalue weighted by atomic mass is 9.97. The molecule has 1 aliphatic heterocycles. The molecule has 5 nitrogen and oxygen atoms in total. The van der Waals surface area contributed by atoms with Crippen molar-refractivity contribution in [2.45, 2.75) is 52.2 Å². The molecule has 20 heavy (non-hydrogen) atoms. The van der Waals surface area contributed by atoms with Gasteiger partial charge >= 0.3 is 6.09 Å².